The molecule has 1 fully saturated rings. The van der Waals surface area contributed by atoms with E-state index in [1.54, 1.807) is 11.9 Å². The number of allylic oxidation sites excluding steroid dienone is 1. The van der Waals surface area contributed by atoms with Gasteiger partial charge in [0.2, 0.25) is 6.41 Å². The summed E-state index contributed by atoms with van der Waals surface area (Å²) in [5, 5.41) is 3.36. The van der Waals surface area contributed by atoms with Crippen molar-refractivity contribution >= 4 is 35.2 Å². The van der Waals surface area contributed by atoms with Crippen LogP contribution >= 0.6 is 11.6 Å². The van der Waals surface area contributed by atoms with Crippen molar-refractivity contribution in [2.75, 3.05) is 31.1 Å². The number of hydrogen-bond acceptors (Lipinski definition) is 4. The van der Waals surface area contributed by atoms with Gasteiger partial charge in [-0.25, -0.2) is 4.39 Å². The maximum Gasteiger partial charge on any atom is 0.265 e. The van der Waals surface area contributed by atoms with Gasteiger partial charge >= 0.3 is 0 Å². The Morgan fingerprint density at radius 2 is 2.15 bits per heavy atom. The summed E-state index contributed by atoms with van der Waals surface area (Å²) in [6.07, 6.45) is 7.81. The number of carbonyl (C=O) groups is 2. The molecule has 0 atom stereocenters. The molecule has 27 heavy (non-hydrogen) atoms. The first kappa shape index (κ1) is 19.1. The van der Waals surface area contributed by atoms with Crippen LogP contribution in [0.25, 0.3) is 5.57 Å². The van der Waals surface area contributed by atoms with Gasteiger partial charge in [0.15, 0.2) is 6.61 Å². The molecule has 0 bridgehead atoms. The van der Waals surface area contributed by atoms with E-state index in [1.807, 2.05) is 0 Å². The second-order valence-electron chi connectivity index (χ2n) is 6.29. The van der Waals surface area contributed by atoms with Gasteiger partial charge < -0.3 is 4.74 Å². The number of benzene rings is 1. The molecule has 0 radical (unpaired) electrons. The number of hydrogen-bond donors (Lipinski definition) is 0. The molecule has 8 heteroatoms. The first-order chi connectivity index (χ1) is 13.0. The second kappa shape index (κ2) is 7.89. The zero-order valence-electron chi connectivity index (χ0n) is 14.9. The van der Waals surface area contributed by atoms with Gasteiger partial charge in [0.05, 0.1) is 12.2 Å². The summed E-state index contributed by atoms with van der Waals surface area (Å²) in [6.45, 7) is 2.65. The predicted molar refractivity (Wildman–Crippen MR) is 100 cm³/mol. The molecular formula is C19H19ClFN3O3. The number of nitrogens with zero attached hydrogens (tertiary/aromatic N) is 3. The van der Waals surface area contributed by atoms with Gasteiger partial charge in [0.25, 0.3) is 5.91 Å². The molecule has 0 N–H and O–H groups in total. The third kappa shape index (κ3) is 3.58. The lowest BCUT2D eigenvalue weighted by molar-refractivity contribution is -0.133. The summed E-state index contributed by atoms with van der Waals surface area (Å²) in [5.74, 6) is 1.85. The van der Waals surface area contributed by atoms with Crippen molar-refractivity contribution in [1.29, 1.82) is 0 Å². The highest BCUT2D eigenvalue weighted by molar-refractivity contribution is 6.32. The zero-order chi connectivity index (χ0) is 19.6. The third-order valence-corrected chi connectivity index (χ3v) is 5.10. The molecule has 3 rings (SSSR count). The van der Waals surface area contributed by atoms with Gasteiger partial charge in [-0.15, -0.1) is 6.42 Å². The quantitative estimate of drug-likeness (QED) is 0.450. The summed E-state index contributed by atoms with van der Waals surface area (Å²) < 4.78 is 20.1. The fraction of sp³-hybridized carbons (Fsp3) is 0.368. The van der Waals surface area contributed by atoms with Crippen LogP contribution in [0.3, 0.4) is 0 Å². The Bertz CT molecular complexity index is 849. The third-order valence-electron chi connectivity index (χ3n) is 4.62. The van der Waals surface area contributed by atoms with E-state index in [1.165, 1.54) is 22.0 Å². The molecule has 2 heterocycles. The van der Waals surface area contributed by atoms with E-state index in [0.717, 1.165) is 12.8 Å². The van der Waals surface area contributed by atoms with Crippen LogP contribution in [0, 0.1) is 18.2 Å². The molecule has 0 saturated carbocycles. The van der Waals surface area contributed by atoms with Gasteiger partial charge in [-0.05, 0) is 31.4 Å². The van der Waals surface area contributed by atoms with Crippen LogP contribution in [-0.2, 0) is 9.59 Å². The topological polar surface area (TPSA) is 53.1 Å². The fourth-order valence-corrected chi connectivity index (χ4v) is 3.47. The zero-order valence-corrected chi connectivity index (χ0v) is 15.6. The lowest BCUT2D eigenvalue weighted by Gasteiger charge is -2.37. The fourth-order valence-electron chi connectivity index (χ4n) is 3.18. The van der Waals surface area contributed by atoms with Gasteiger partial charge in [0.1, 0.15) is 16.7 Å². The van der Waals surface area contributed by atoms with E-state index in [2.05, 4.69) is 5.92 Å². The molecule has 2 amide bonds. The summed E-state index contributed by atoms with van der Waals surface area (Å²) in [5.41, 5.74) is 1.06. The van der Waals surface area contributed by atoms with Gasteiger partial charge in [-0.3, -0.25) is 24.5 Å². The number of rotatable bonds is 4. The van der Waals surface area contributed by atoms with E-state index in [9.17, 15) is 14.0 Å². The second-order valence-corrected chi connectivity index (χ2v) is 6.65. The van der Waals surface area contributed by atoms with Crippen LogP contribution in [-0.4, -0.2) is 48.6 Å². The maximum absolute atomic E-state index is 14.7. The molecule has 0 aromatic heterocycles. The van der Waals surface area contributed by atoms with Crippen LogP contribution < -0.4 is 9.64 Å². The molecule has 0 spiro atoms. The van der Waals surface area contributed by atoms with Gasteiger partial charge in [0, 0.05) is 24.7 Å². The smallest absolute Gasteiger partial charge is 0.265 e. The minimum absolute atomic E-state index is 0.0573. The number of anilines is 1. The first-order valence-electron chi connectivity index (χ1n) is 8.54. The molecule has 1 saturated heterocycles. The van der Waals surface area contributed by atoms with Crippen molar-refractivity contribution in [2.45, 2.75) is 19.8 Å². The summed E-state index contributed by atoms with van der Waals surface area (Å²) in [4.78, 5) is 24.8. The largest absolute Gasteiger partial charge is 0.481 e. The van der Waals surface area contributed by atoms with Crippen molar-refractivity contribution < 1.29 is 18.7 Å². The molecule has 1 aromatic carbocycles. The van der Waals surface area contributed by atoms with Crippen molar-refractivity contribution in [3.63, 3.8) is 0 Å². The molecule has 2 aliphatic rings. The molecule has 0 unspecified atom stereocenters. The van der Waals surface area contributed by atoms with E-state index in [0.29, 0.717) is 30.8 Å². The first-order valence-corrected chi connectivity index (χ1v) is 8.92. The molecule has 2 aliphatic heterocycles. The lowest BCUT2D eigenvalue weighted by Crippen LogP contribution is -2.44. The maximum atomic E-state index is 14.7. The standard InChI is InChI=1S/C19H19ClFN3O3/c1-3-6-23-16-9-14(15(21)10-17(16)27-11-18(23)26)13(2)19(20)24-8-5-4-7-22(24)12-25/h1,9-10,12H,4-8,11H2,2H3/b19-13+. The average molecular weight is 392 g/mol. The Morgan fingerprint density at radius 1 is 1.41 bits per heavy atom. The number of ether oxygens (including phenoxy) is 1. The predicted octanol–water partition coefficient (Wildman–Crippen LogP) is 2.58. The average Bonchev–Trinajstić information content (AvgIpc) is 2.68. The van der Waals surface area contributed by atoms with Gasteiger partial charge in [-0.2, -0.15) is 0 Å². The SMILES string of the molecule is C#CCN1C(=O)COc2cc(F)c(/C(C)=C(\Cl)N3CCCCN3C=O)cc21. The Hall–Kier alpha value is -2.72. The monoisotopic (exact) mass is 391 g/mol. The number of carbonyl (C=O) groups excluding carboxylic acids is 2. The molecule has 142 valence electrons. The highest BCUT2D eigenvalue weighted by Crippen LogP contribution is 2.38. The number of amides is 2. The van der Waals surface area contributed by atoms with E-state index < -0.39 is 5.82 Å². The summed E-state index contributed by atoms with van der Waals surface area (Å²) in [6, 6.07) is 2.73. The van der Waals surface area contributed by atoms with Crippen LogP contribution in [0.15, 0.2) is 17.3 Å². The Morgan fingerprint density at radius 3 is 2.85 bits per heavy atom. The Kier molecular flexibility index (Phi) is 5.57. The Labute approximate surface area is 162 Å². The van der Waals surface area contributed by atoms with Crippen LogP contribution in [0.5, 0.6) is 5.75 Å². The van der Waals surface area contributed by atoms with Crippen molar-refractivity contribution in [1.82, 2.24) is 10.0 Å². The van der Waals surface area contributed by atoms with E-state index >= 15 is 0 Å². The van der Waals surface area contributed by atoms with Crippen molar-refractivity contribution in [2.24, 2.45) is 0 Å². The minimum Gasteiger partial charge on any atom is -0.481 e. The summed E-state index contributed by atoms with van der Waals surface area (Å²) >= 11 is 6.49. The van der Waals surface area contributed by atoms with Crippen molar-refractivity contribution in [3.8, 4) is 18.1 Å². The lowest BCUT2D eigenvalue weighted by atomic mass is 10.0. The van der Waals surface area contributed by atoms with Crippen LogP contribution in [0.2, 0.25) is 0 Å². The normalized spacial score (nSPS) is 17.7. The van der Waals surface area contributed by atoms with Crippen LogP contribution in [0.4, 0.5) is 10.1 Å². The molecule has 0 aliphatic carbocycles. The molecular weight excluding hydrogens is 373 g/mol. The highest BCUT2D eigenvalue weighted by Gasteiger charge is 2.28. The number of terminal acetylenes is 1. The number of hydrazine groups is 1. The molecule has 1 aromatic rings. The Balaban J connectivity index is 2.04. The van der Waals surface area contributed by atoms with Crippen molar-refractivity contribution in [3.05, 3.63) is 28.7 Å². The van der Waals surface area contributed by atoms with Crippen LogP contribution in [0.1, 0.15) is 25.3 Å². The number of halogens is 2. The molecule has 6 nitrogen and oxygen atoms in total. The highest BCUT2D eigenvalue weighted by atomic mass is 35.5. The summed E-state index contributed by atoms with van der Waals surface area (Å²) in [7, 11) is 0. The minimum atomic E-state index is -0.533. The number of fused-ring (bicyclic) bond motifs is 1. The van der Waals surface area contributed by atoms with E-state index in [-0.39, 0.29) is 35.5 Å². The van der Waals surface area contributed by atoms with Gasteiger partial charge in [-0.1, -0.05) is 17.5 Å². The van der Waals surface area contributed by atoms with E-state index in [4.69, 9.17) is 22.8 Å².